The predicted octanol–water partition coefficient (Wildman–Crippen LogP) is 3.27. The minimum absolute atomic E-state index is 0.209. The molecule has 2 aromatic carbocycles. The highest BCUT2D eigenvalue weighted by Crippen LogP contribution is 2.09. The zero-order valence-corrected chi connectivity index (χ0v) is 13.8. The van der Waals surface area contributed by atoms with E-state index in [0.717, 1.165) is 36.3 Å². The second-order valence-corrected chi connectivity index (χ2v) is 5.88. The van der Waals surface area contributed by atoms with Crippen LogP contribution in [0, 0.1) is 17.1 Å². The lowest BCUT2D eigenvalue weighted by Gasteiger charge is -2.09. The summed E-state index contributed by atoms with van der Waals surface area (Å²) in [5.74, 6) is -0.209. The van der Waals surface area contributed by atoms with Crippen LogP contribution < -0.4 is 5.32 Å². The van der Waals surface area contributed by atoms with Crippen molar-refractivity contribution in [3.05, 3.63) is 89.3 Å². The Morgan fingerprint density at radius 3 is 2.72 bits per heavy atom. The number of imidazole rings is 1. The molecule has 0 saturated heterocycles. The summed E-state index contributed by atoms with van der Waals surface area (Å²) in [6, 6.07) is 16.3. The first-order valence-electron chi connectivity index (χ1n) is 8.18. The van der Waals surface area contributed by atoms with Crippen LogP contribution >= 0.6 is 0 Å². The second kappa shape index (κ2) is 8.22. The fourth-order valence-corrected chi connectivity index (χ4v) is 2.68. The van der Waals surface area contributed by atoms with Gasteiger partial charge in [0.1, 0.15) is 5.82 Å². The van der Waals surface area contributed by atoms with Crippen LogP contribution in [0.15, 0.2) is 61.1 Å². The molecular weight excluding hydrogens is 315 g/mol. The van der Waals surface area contributed by atoms with E-state index in [-0.39, 0.29) is 5.82 Å². The van der Waals surface area contributed by atoms with Gasteiger partial charge in [-0.2, -0.15) is 5.26 Å². The predicted molar refractivity (Wildman–Crippen MR) is 94.3 cm³/mol. The molecule has 0 radical (unpaired) electrons. The summed E-state index contributed by atoms with van der Waals surface area (Å²) in [5.41, 5.74) is 3.87. The van der Waals surface area contributed by atoms with Crippen LogP contribution in [-0.2, 0) is 19.5 Å². The topological polar surface area (TPSA) is 53.6 Å². The summed E-state index contributed by atoms with van der Waals surface area (Å²) >= 11 is 0. The molecule has 0 bridgehead atoms. The van der Waals surface area contributed by atoms with Crippen molar-refractivity contribution >= 4 is 0 Å². The van der Waals surface area contributed by atoms with E-state index in [2.05, 4.69) is 20.9 Å². The molecule has 0 atom stereocenters. The average molecular weight is 334 g/mol. The Bertz CT molecular complexity index is 862. The van der Waals surface area contributed by atoms with Crippen LogP contribution in [0.25, 0.3) is 0 Å². The van der Waals surface area contributed by atoms with Crippen molar-refractivity contribution < 1.29 is 4.39 Å². The monoisotopic (exact) mass is 334 g/mol. The Morgan fingerprint density at radius 1 is 1.12 bits per heavy atom. The maximum Gasteiger partial charge on any atom is 0.123 e. The molecular formula is C20H19FN4. The van der Waals surface area contributed by atoms with Crippen molar-refractivity contribution in [1.82, 2.24) is 14.9 Å². The zero-order valence-electron chi connectivity index (χ0n) is 13.8. The van der Waals surface area contributed by atoms with Crippen LogP contribution in [0.4, 0.5) is 4.39 Å². The van der Waals surface area contributed by atoms with Crippen molar-refractivity contribution in [3.63, 3.8) is 0 Å². The quantitative estimate of drug-likeness (QED) is 0.675. The van der Waals surface area contributed by atoms with Gasteiger partial charge in [-0.3, -0.25) is 0 Å². The smallest absolute Gasteiger partial charge is 0.123 e. The summed E-state index contributed by atoms with van der Waals surface area (Å²) in [6.45, 7) is 2.15. The van der Waals surface area contributed by atoms with E-state index in [9.17, 15) is 4.39 Å². The van der Waals surface area contributed by atoms with Gasteiger partial charge in [0, 0.05) is 37.9 Å². The number of hydrogen-bond acceptors (Lipinski definition) is 3. The summed E-state index contributed by atoms with van der Waals surface area (Å²) < 4.78 is 15.3. The first-order valence-corrected chi connectivity index (χ1v) is 8.18. The van der Waals surface area contributed by atoms with Crippen LogP contribution in [0.1, 0.15) is 22.4 Å². The molecule has 1 aromatic heterocycles. The maximum atomic E-state index is 13.2. The van der Waals surface area contributed by atoms with Crippen molar-refractivity contribution in [2.24, 2.45) is 0 Å². The van der Waals surface area contributed by atoms with Crippen LogP contribution in [0.5, 0.6) is 0 Å². The van der Waals surface area contributed by atoms with Crippen molar-refractivity contribution in [2.75, 3.05) is 6.54 Å². The Hall–Kier alpha value is -2.97. The van der Waals surface area contributed by atoms with Gasteiger partial charge in [0.2, 0.25) is 0 Å². The molecule has 4 nitrogen and oxygen atoms in total. The summed E-state index contributed by atoms with van der Waals surface area (Å²) in [6.07, 6.45) is 4.53. The average Bonchev–Trinajstić information content (AvgIpc) is 3.06. The molecule has 3 aromatic rings. The first-order chi connectivity index (χ1) is 12.2. The highest BCUT2D eigenvalue weighted by atomic mass is 19.1. The normalized spacial score (nSPS) is 10.6. The largest absolute Gasteiger partial charge is 0.330 e. The number of benzene rings is 2. The van der Waals surface area contributed by atoms with E-state index >= 15 is 0 Å². The number of rotatable bonds is 7. The molecule has 0 aliphatic rings. The van der Waals surface area contributed by atoms with Gasteiger partial charge in [-0.05, 0) is 35.4 Å². The molecule has 126 valence electrons. The molecule has 0 spiro atoms. The lowest BCUT2D eigenvalue weighted by molar-refractivity contribution is 0.617. The van der Waals surface area contributed by atoms with Crippen molar-refractivity contribution in [3.8, 4) is 6.07 Å². The van der Waals surface area contributed by atoms with Crippen LogP contribution in [0.3, 0.4) is 0 Å². The number of halogens is 1. The van der Waals surface area contributed by atoms with Crippen LogP contribution in [-0.4, -0.2) is 16.1 Å². The molecule has 0 fully saturated rings. The highest BCUT2D eigenvalue weighted by Gasteiger charge is 2.04. The molecule has 1 N–H and O–H groups in total. The van der Waals surface area contributed by atoms with Gasteiger partial charge in [-0.25, -0.2) is 9.37 Å². The van der Waals surface area contributed by atoms with Gasteiger partial charge >= 0.3 is 0 Å². The lowest BCUT2D eigenvalue weighted by atomic mass is 10.1. The van der Waals surface area contributed by atoms with E-state index in [0.29, 0.717) is 12.1 Å². The first kappa shape index (κ1) is 16.9. The Balaban J connectivity index is 1.52. The van der Waals surface area contributed by atoms with E-state index < -0.39 is 0 Å². The Kier molecular flexibility index (Phi) is 5.55. The minimum atomic E-state index is -0.209. The third kappa shape index (κ3) is 4.75. The molecule has 25 heavy (non-hydrogen) atoms. The molecule has 0 unspecified atom stereocenters. The molecule has 0 aliphatic carbocycles. The molecule has 5 heteroatoms. The fraction of sp³-hybridized carbons (Fsp3) is 0.200. The standard InChI is InChI=1S/C20H19FN4/c21-19-3-1-2-18(10-19)12-23-9-8-20-13-24-15-25(20)14-17-6-4-16(11-22)5-7-17/h1-7,10,13,15,23H,8-9,12,14H2. The van der Waals surface area contributed by atoms with E-state index in [1.54, 1.807) is 12.1 Å². The lowest BCUT2D eigenvalue weighted by Crippen LogP contribution is -2.18. The maximum absolute atomic E-state index is 13.2. The summed E-state index contributed by atoms with van der Waals surface area (Å²) in [4.78, 5) is 4.23. The third-order valence-electron chi connectivity index (χ3n) is 4.01. The number of nitriles is 1. The number of nitrogens with one attached hydrogen (secondary N) is 1. The van der Waals surface area contributed by atoms with E-state index in [4.69, 9.17) is 5.26 Å². The van der Waals surface area contributed by atoms with Gasteiger partial charge in [0.25, 0.3) is 0 Å². The Morgan fingerprint density at radius 2 is 1.96 bits per heavy atom. The molecule has 0 aliphatic heterocycles. The van der Waals surface area contributed by atoms with Crippen molar-refractivity contribution in [1.29, 1.82) is 5.26 Å². The fourth-order valence-electron chi connectivity index (χ4n) is 2.68. The molecule has 0 saturated carbocycles. The number of hydrogen-bond donors (Lipinski definition) is 1. The highest BCUT2D eigenvalue weighted by molar-refractivity contribution is 5.31. The zero-order chi connectivity index (χ0) is 17.5. The second-order valence-electron chi connectivity index (χ2n) is 5.88. The molecule has 1 heterocycles. The summed E-state index contributed by atoms with van der Waals surface area (Å²) in [7, 11) is 0. The number of aromatic nitrogens is 2. The van der Waals surface area contributed by atoms with E-state index in [1.807, 2.05) is 42.9 Å². The molecule has 0 amide bonds. The summed E-state index contributed by atoms with van der Waals surface area (Å²) in [5, 5.41) is 12.2. The van der Waals surface area contributed by atoms with Crippen LogP contribution in [0.2, 0.25) is 0 Å². The minimum Gasteiger partial charge on any atom is -0.330 e. The van der Waals surface area contributed by atoms with E-state index in [1.165, 1.54) is 6.07 Å². The van der Waals surface area contributed by atoms with Crippen molar-refractivity contribution in [2.45, 2.75) is 19.5 Å². The van der Waals surface area contributed by atoms with Gasteiger partial charge in [0.15, 0.2) is 0 Å². The number of nitrogens with zero attached hydrogens (tertiary/aromatic N) is 3. The van der Waals surface area contributed by atoms with Gasteiger partial charge < -0.3 is 9.88 Å². The third-order valence-corrected chi connectivity index (χ3v) is 4.01. The van der Waals surface area contributed by atoms with Gasteiger partial charge in [0.05, 0.1) is 18.0 Å². The molecule has 3 rings (SSSR count). The SMILES string of the molecule is N#Cc1ccc(Cn2cncc2CCNCc2cccc(F)c2)cc1. The Labute approximate surface area is 146 Å². The van der Waals surface area contributed by atoms with Gasteiger partial charge in [-0.1, -0.05) is 24.3 Å². The van der Waals surface area contributed by atoms with Gasteiger partial charge in [-0.15, -0.1) is 0 Å².